The highest BCUT2D eigenvalue weighted by Crippen LogP contribution is 2.12. The van der Waals surface area contributed by atoms with E-state index in [-0.39, 0.29) is 0 Å². The minimum absolute atomic E-state index is 0.368. The van der Waals surface area contributed by atoms with E-state index in [9.17, 15) is 0 Å². The zero-order valence-corrected chi connectivity index (χ0v) is 7.41. The summed E-state index contributed by atoms with van der Waals surface area (Å²) in [5, 5.41) is 0. The van der Waals surface area contributed by atoms with Crippen LogP contribution in [0.15, 0.2) is 0 Å². The van der Waals surface area contributed by atoms with Crippen molar-refractivity contribution in [1.29, 1.82) is 0 Å². The van der Waals surface area contributed by atoms with Gasteiger partial charge in [0.2, 0.25) is 0 Å². The average molecular weight is 161 g/mol. The first-order valence-corrected chi connectivity index (χ1v) is 4.76. The Balaban J connectivity index is 2.01. The Morgan fingerprint density at radius 3 is 3.00 bits per heavy atom. The molecule has 2 nitrogen and oxygen atoms in total. The topological polar surface area (TPSA) is 21.3 Å². The van der Waals surface area contributed by atoms with Crippen molar-refractivity contribution in [3.8, 4) is 0 Å². The lowest BCUT2D eigenvalue weighted by molar-refractivity contribution is 0.0667. The zero-order chi connectivity index (χ0) is 7.40. The Bertz CT molecular complexity index is 91.6. The van der Waals surface area contributed by atoms with Gasteiger partial charge in [0.15, 0.2) is 0 Å². The molecule has 10 heavy (non-hydrogen) atoms. The number of ether oxygens (including phenoxy) is 1. The number of rotatable bonds is 3. The summed E-state index contributed by atoms with van der Waals surface area (Å²) in [6.07, 6.45) is 1.62. The molecule has 1 fully saturated rings. The van der Waals surface area contributed by atoms with Gasteiger partial charge in [0.25, 0.3) is 0 Å². The van der Waals surface area contributed by atoms with Crippen molar-refractivity contribution in [2.24, 2.45) is 0 Å². The predicted octanol–water partition coefficient (Wildman–Crippen LogP) is 1.42. The second-order valence-corrected chi connectivity index (χ2v) is 3.77. The van der Waals surface area contributed by atoms with E-state index in [0.717, 1.165) is 6.61 Å². The van der Waals surface area contributed by atoms with Gasteiger partial charge in [-0.25, -0.2) is 0 Å². The molecule has 0 amide bonds. The van der Waals surface area contributed by atoms with Crippen molar-refractivity contribution < 1.29 is 4.74 Å². The van der Waals surface area contributed by atoms with Crippen LogP contribution in [-0.2, 0) is 4.74 Å². The van der Waals surface area contributed by atoms with Crippen LogP contribution in [-0.4, -0.2) is 24.5 Å². The highest BCUT2D eigenvalue weighted by molar-refractivity contribution is 7.97. The van der Waals surface area contributed by atoms with Gasteiger partial charge in [-0.15, -0.1) is 0 Å². The Morgan fingerprint density at radius 2 is 2.50 bits per heavy atom. The molecule has 1 saturated heterocycles. The molecule has 0 aromatic heterocycles. The van der Waals surface area contributed by atoms with Crippen molar-refractivity contribution in [1.82, 2.24) is 4.72 Å². The highest BCUT2D eigenvalue weighted by Gasteiger charge is 2.14. The summed E-state index contributed by atoms with van der Waals surface area (Å²) in [5.74, 6) is 1.23. The lowest BCUT2D eigenvalue weighted by atomic mass is 10.2. The van der Waals surface area contributed by atoms with Gasteiger partial charge in [-0.3, -0.25) is 4.72 Å². The van der Waals surface area contributed by atoms with E-state index in [1.807, 2.05) is 0 Å². The SMILES string of the molecule is CC(C)OCC1CCSN1. The minimum Gasteiger partial charge on any atom is -0.377 e. The lowest BCUT2D eigenvalue weighted by Crippen LogP contribution is -2.25. The molecule has 0 bridgehead atoms. The molecule has 1 atom stereocenters. The zero-order valence-electron chi connectivity index (χ0n) is 6.59. The summed E-state index contributed by atoms with van der Waals surface area (Å²) >= 11 is 1.80. The van der Waals surface area contributed by atoms with Crippen LogP contribution >= 0.6 is 11.9 Å². The molecule has 0 aromatic carbocycles. The molecule has 0 aliphatic carbocycles. The van der Waals surface area contributed by atoms with Crippen molar-refractivity contribution in [3.63, 3.8) is 0 Å². The van der Waals surface area contributed by atoms with E-state index >= 15 is 0 Å². The van der Waals surface area contributed by atoms with Crippen LogP contribution in [0.5, 0.6) is 0 Å². The molecule has 0 spiro atoms. The Morgan fingerprint density at radius 1 is 1.70 bits per heavy atom. The summed E-state index contributed by atoms with van der Waals surface area (Å²) in [4.78, 5) is 0. The normalized spacial score (nSPS) is 26.1. The predicted molar refractivity (Wildman–Crippen MR) is 45.1 cm³/mol. The third-order valence-corrected chi connectivity index (χ3v) is 2.39. The second-order valence-electron chi connectivity index (χ2n) is 2.83. The van der Waals surface area contributed by atoms with E-state index < -0.39 is 0 Å². The third-order valence-electron chi connectivity index (χ3n) is 1.45. The van der Waals surface area contributed by atoms with Crippen LogP contribution < -0.4 is 4.72 Å². The van der Waals surface area contributed by atoms with Gasteiger partial charge in [0.1, 0.15) is 0 Å². The van der Waals surface area contributed by atoms with Crippen LogP contribution in [0.2, 0.25) is 0 Å². The monoisotopic (exact) mass is 161 g/mol. The smallest absolute Gasteiger partial charge is 0.0632 e. The molecule has 1 rings (SSSR count). The summed E-state index contributed by atoms with van der Waals surface area (Å²) in [5.41, 5.74) is 0. The third kappa shape index (κ3) is 2.90. The van der Waals surface area contributed by atoms with Crippen molar-refractivity contribution in [3.05, 3.63) is 0 Å². The lowest BCUT2D eigenvalue weighted by Gasteiger charge is -2.11. The van der Waals surface area contributed by atoms with Gasteiger partial charge in [0, 0.05) is 11.8 Å². The standard InChI is InChI=1S/C7H15NOS/c1-6(2)9-5-7-3-4-10-8-7/h6-8H,3-5H2,1-2H3. The molecule has 0 saturated carbocycles. The van der Waals surface area contributed by atoms with Crippen LogP contribution in [0.3, 0.4) is 0 Å². The molecule has 0 aromatic rings. The summed E-state index contributed by atoms with van der Waals surface area (Å²) in [7, 11) is 0. The van der Waals surface area contributed by atoms with Crippen molar-refractivity contribution in [2.45, 2.75) is 32.4 Å². The van der Waals surface area contributed by atoms with Gasteiger partial charge < -0.3 is 4.74 Å². The molecular weight excluding hydrogens is 146 g/mol. The second kappa shape index (κ2) is 4.21. The van der Waals surface area contributed by atoms with Gasteiger partial charge in [0.05, 0.1) is 12.7 Å². The fourth-order valence-corrected chi connectivity index (χ4v) is 1.80. The molecule has 1 unspecified atom stereocenters. The van der Waals surface area contributed by atoms with E-state index in [4.69, 9.17) is 4.74 Å². The Kier molecular flexibility index (Phi) is 3.52. The number of hydrogen-bond acceptors (Lipinski definition) is 3. The summed E-state index contributed by atoms with van der Waals surface area (Å²) in [6.45, 7) is 5.01. The Labute approximate surface area is 66.8 Å². The molecule has 1 aliphatic rings. The Hall–Kier alpha value is 0.270. The first kappa shape index (κ1) is 8.37. The number of nitrogens with one attached hydrogen (secondary N) is 1. The van der Waals surface area contributed by atoms with E-state index in [1.165, 1.54) is 12.2 Å². The van der Waals surface area contributed by atoms with Crippen LogP contribution in [0.1, 0.15) is 20.3 Å². The van der Waals surface area contributed by atoms with Gasteiger partial charge in [-0.2, -0.15) is 0 Å². The molecule has 1 heterocycles. The fourth-order valence-electron chi connectivity index (χ4n) is 0.863. The van der Waals surface area contributed by atoms with Gasteiger partial charge in [-0.05, 0) is 20.3 Å². The van der Waals surface area contributed by atoms with E-state index in [2.05, 4.69) is 18.6 Å². The van der Waals surface area contributed by atoms with Gasteiger partial charge in [-0.1, -0.05) is 11.9 Å². The first-order valence-electron chi connectivity index (χ1n) is 3.78. The van der Waals surface area contributed by atoms with Crippen LogP contribution in [0, 0.1) is 0 Å². The van der Waals surface area contributed by atoms with E-state index in [1.54, 1.807) is 11.9 Å². The largest absolute Gasteiger partial charge is 0.377 e. The highest BCUT2D eigenvalue weighted by atomic mass is 32.2. The van der Waals surface area contributed by atoms with Crippen molar-refractivity contribution in [2.75, 3.05) is 12.4 Å². The summed E-state index contributed by atoms with van der Waals surface area (Å²) in [6, 6.07) is 0.590. The van der Waals surface area contributed by atoms with Crippen molar-refractivity contribution >= 4 is 11.9 Å². The maximum absolute atomic E-state index is 5.45. The molecular formula is C7H15NOS. The van der Waals surface area contributed by atoms with Gasteiger partial charge >= 0.3 is 0 Å². The summed E-state index contributed by atoms with van der Waals surface area (Å²) < 4.78 is 8.75. The van der Waals surface area contributed by atoms with Crippen LogP contribution in [0.25, 0.3) is 0 Å². The number of hydrogen-bond donors (Lipinski definition) is 1. The maximum atomic E-state index is 5.45. The molecule has 0 radical (unpaired) electrons. The van der Waals surface area contributed by atoms with Crippen LogP contribution in [0.4, 0.5) is 0 Å². The first-order chi connectivity index (χ1) is 4.79. The molecule has 60 valence electrons. The molecule has 1 aliphatic heterocycles. The molecule has 3 heteroatoms. The minimum atomic E-state index is 0.368. The fraction of sp³-hybridized carbons (Fsp3) is 1.00. The quantitative estimate of drug-likeness (QED) is 0.633. The maximum Gasteiger partial charge on any atom is 0.0632 e. The van der Waals surface area contributed by atoms with E-state index in [0.29, 0.717) is 12.1 Å². The molecule has 1 N–H and O–H groups in total. The average Bonchev–Trinajstić information content (AvgIpc) is 2.34.